The third-order valence-corrected chi connectivity index (χ3v) is 2.64. The molecule has 0 bridgehead atoms. The fraction of sp³-hybridized carbons (Fsp3) is 0. The molecule has 0 aliphatic rings. The number of aromatic amines is 1. The first-order chi connectivity index (χ1) is 7.31. The van der Waals surface area contributed by atoms with Gasteiger partial charge in [0.25, 0.3) is 0 Å². The predicted octanol–water partition coefficient (Wildman–Crippen LogP) is 1.97. The van der Waals surface area contributed by atoms with E-state index < -0.39 is 5.82 Å². The summed E-state index contributed by atoms with van der Waals surface area (Å²) in [5, 5.41) is 15.6. The van der Waals surface area contributed by atoms with Crippen LogP contribution < -0.4 is 0 Å². The molecule has 4 nitrogen and oxygen atoms in total. The summed E-state index contributed by atoms with van der Waals surface area (Å²) in [6.07, 6.45) is 1.35. The highest BCUT2D eigenvalue weighted by Crippen LogP contribution is 2.28. The average molecular weight is 220 g/mol. The number of hydrogen-bond donors (Lipinski definition) is 1. The van der Waals surface area contributed by atoms with Gasteiger partial charge in [-0.3, -0.25) is 5.10 Å². The van der Waals surface area contributed by atoms with Crippen LogP contribution >= 0.6 is 11.8 Å². The summed E-state index contributed by atoms with van der Waals surface area (Å²) in [5.74, 6) is -0.526. The van der Waals surface area contributed by atoms with Crippen LogP contribution in [0.15, 0.2) is 34.6 Å². The topological polar surface area (TPSA) is 65.4 Å². The summed E-state index contributed by atoms with van der Waals surface area (Å²) in [7, 11) is 0. The highest BCUT2D eigenvalue weighted by Gasteiger charge is 2.09. The molecule has 0 fully saturated rings. The molecular formula is C9H5FN4S. The zero-order chi connectivity index (χ0) is 10.7. The number of H-pyrrole nitrogens is 1. The number of halogens is 1. The molecule has 0 aliphatic heterocycles. The molecule has 1 aromatic heterocycles. The van der Waals surface area contributed by atoms with Crippen LogP contribution in [0.4, 0.5) is 4.39 Å². The van der Waals surface area contributed by atoms with Gasteiger partial charge in [-0.05, 0) is 23.9 Å². The number of benzene rings is 1. The minimum absolute atomic E-state index is 0.0268. The second-order valence-electron chi connectivity index (χ2n) is 2.62. The molecule has 0 spiro atoms. The lowest BCUT2D eigenvalue weighted by Crippen LogP contribution is -1.87. The van der Waals surface area contributed by atoms with Crippen LogP contribution in [0.2, 0.25) is 0 Å². The lowest BCUT2D eigenvalue weighted by atomic mass is 10.2. The first kappa shape index (κ1) is 9.68. The van der Waals surface area contributed by atoms with Crippen molar-refractivity contribution in [1.82, 2.24) is 15.2 Å². The van der Waals surface area contributed by atoms with Crippen molar-refractivity contribution >= 4 is 11.8 Å². The number of nitrogens with zero attached hydrogens (tertiary/aromatic N) is 3. The van der Waals surface area contributed by atoms with E-state index in [1.54, 1.807) is 12.1 Å². The van der Waals surface area contributed by atoms with Gasteiger partial charge < -0.3 is 0 Å². The smallest absolute Gasteiger partial charge is 0.188 e. The van der Waals surface area contributed by atoms with Crippen LogP contribution in [-0.2, 0) is 0 Å². The van der Waals surface area contributed by atoms with Gasteiger partial charge in [-0.1, -0.05) is 6.07 Å². The minimum Gasteiger partial charge on any atom is -0.254 e. The van der Waals surface area contributed by atoms with Gasteiger partial charge in [0.1, 0.15) is 23.8 Å². The first-order valence-electron chi connectivity index (χ1n) is 4.03. The molecule has 6 heteroatoms. The van der Waals surface area contributed by atoms with Crippen LogP contribution in [0.25, 0.3) is 0 Å². The van der Waals surface area contributed by atoms with E-state index >= 15 is 0 Å². The van der Waals surface area contributed by atoms with Crippen molar-refractivity contribution < 1.29 is 4.39 Å². The van der Waals surface area contributed by atoms with Crippen LogP contribution in [-0.4, -0.2) is 15.2 Å². The summed E-state index contributed by atoms with van der Waals surface area (Å²) in [5.41, 5.74) is 0.0268. The van der Waals surface area contributed by atoms with E-state index in [2.05, 4.69) is 15.2 Å². The number of rotatable bonds is 2. The molecule has 0 radical (unpaired) electrons. The van der Waals surface area contributed by atoms with Gasteiger partial charge in [-0.2, -0.15) is 10.4 Å². The Morgan fingerprint density at radius 2 is 2.33 bits per heavy atom. The summed E-state index contributed by atoms with van der Waals surface area (Å²) in [6.45, 7) is 0. The van der Waals surface area contributed by atoms with Gasteiger partial charge in [0.15, 0.2) is 5.16 Å². The summed E-state index contributed by atoms with van der Waals surface area (Å²) in [4.78, 5) is 4.40. The average Bonchev–Trinajstić information content (AvgIpc) is 2.71. The number of aromatic nitrogens is 3. The monoisotopic (exact) mass is 220 g/mol. The Morgan fingerprint density at radius 1 is 1.47 bits per heavy atom. The summed E-state index contributed by atoms with van der Waals surface area (Å²) < 4.78 is 13.2. The highest BCUT2D eigenvalue weighted by molar-refractivity contribution is 7.99. The SMILES string of the molecule is N#Cc1c(F)cccc1Sc1ncn[nH]1. The van der Waals surface area contributed by atoms with E-state index in [4.69, 9.17) is 5.26 Å². The lowest BCUT2D eigenvalue weighted by molar-refractivity contribution is 0.620. The van der Waals surface area contributed by atoms with Crippen molar-refractivity contribution in [1.29, 1.82) is 5.26 Å². The van der Waals surface area contributed by atoms with Crippen molar-refractivity contribution in [2.75, 3.05) is 0 Å². The molecule has 15 heavy (non-hydrogen) atoms. The van der Waals surface area contributed by atoms with E-state index in [1.807, 2.05) is 6.07 Å². The Labute approximate surface area is 89.2 Å². The van der Waals surface area contributed by atoms with Crippen molar-refractivity contribution in [2.24, 2.45) is 0 Å². The largest absolute Gasteiger partial charge is 0.254 e. The quantitative estimate of drug-likeness (QED) is 0.840. The van der Waals surface area contributed by atoms with Crippen molar-refractivity contribution in [3.05, 3.63) is 35.9 Å². The maximum Gasteiger partial charge on any atom is 0.188 e. The van der Waals surface area contributed by atoms with Crippen molar-refractivity contribution in [2.45, 2.75) is 10.1 Å². The Morgan fingerprint density at radius 3 is 3.00 bits per heavy atom. The Bertz CT molecular complexity index is 503. The molecule has 1 N–H and O–H groups in total. The maximum atomic E-state index is 13.2. The van der Waals surface area contributed by atoms with E-state index in [9.17, 15) is 4.39 Å². The molecule has 1 aromatic carbocycles. The van der Waals surface area contributed by atoms with E-state index in [0.29, 0.717) is 10.1 Å². The van der Waals surface area contributed by atoms with Crippen LogP contribution in [0.3, 0.4) is 0 Å². The Balaban J connectivity index is 2.37. The van der Waals surface area contributed by atoms with Gasteiger partial charge >= 0.3 is 0 Å². The molecule has 74 valence electrons. The van der Waals surface area contributed by atoms with Gasteiger partial charge in [0.2, 0.25) is 0 Å². The molecule has 1 heterocycles. The molecule has 2 aromatic rings. The van der Waals surface area contributed by atoms with Crippen LogP contribution in [0, 0.1) is 17.1 Å². The third-order valence-electron chi connectivity index (χ3n) is 1.69. The van der Waals surface area contributed by atoms with Crippen molar-refractivity contribution in [3.63, 3.8) is 0 Å². The standard InChI is InChI=1S/C9H5FN4S/c10-7-2-1-3-8(6(7)4-11)15-9-12-5-13-14-9/h1-3,5H,(H,12,13,14). The van der Waals surface area contributed by atoms with Gasteiger partial charge in [-0.25, -0.2) is 9.37 Å². The molecule has 0 atom stereocenters. The second-order valence-corrected chi connectivity index (χ2v) is 3.65. The third kappa shape index (κ3) is 1.97. The fourth-order valence-electron chi connectivity index (χ4n) is 1.05. The summed E-state index contributed by atoms with van der Waals surface area (Å²) in [6, 6.07) is 6.28. The second kappa shape index (κ2) is 4.11. The Kier molecular flexibility index (Phi) is 2.65. The predicted molar refractivity (Wildman–Crippen MR) is 51.6 cm³/mol. The van der Waals surface area contributed by atoms with Gasteiger partial charge in [0, 0.05) is 4.90 Å². The molecule has 0 saturated heterocycles. The van der Waals surface area contributed by atoms with Gasteiger partial charge in [0.05, 0.1) is 0 Å². The number of hydrogen-bond acceptors (Lipinski definition) is 4. The van der Waals surface area contributed by atoms with E-state index in [1.165, 1.54) is 24.2 Å². The number of nitriles is 1. The molecule has 2 rings (SSSR count). The van der Waals surface area contributed by atoms with Gasteiger partial charge in [-0.15, -0.1) is 0 Å². The molecule has 0 saturated carbocycles. The molecule has 0 aliphatic carbocycles. The normalized spacial score (nSPS) is 9.87. The molecular weight excluding hydrogens is 215 g/mol. The fourth-order valence-corrected chi connectivity index (χ4v) is 1.84. The molecule has 0 unspecified atom stereocenters. The lowest BCUT2D eigenvalue weighted by Gasteiger charge is -2.00. The van der Waals surface area contributed by atoms with E-state index in [0.717, 1.165) is 0 Å². The van der Waals surface area contributed by atoms with Crippen molar-refractivity contribution in [3.8, 4) is 6.07 Å². The minimum atomic E-state index is -0.526. The zero-order valence-corrected chi connectivity index (χ0v) is 8.25. The molecule has 0 amide bonds. The van der Waals surface area contributed by atoms with E-state index in [-0.39, 0.29) is 5.56 Å². The number of nitrogens with one attached hydrogen (secondary N) is 1. The zero-order valence-electron chi connectivity index (χ0n) is 7.44. The maximum absolute atomic E-state index is 13.2. The Hall–Kier alpha value is -1.87. The van der Waals surface area contributed by atoms with Crippen LogP contribution in [0.1, 0.15) is 5.56 Å². The van der Waals surface area contributed by atoms with Crippen LogP contribution in [0.5, 0.6) is 0 Å². The summed E-state index contributed by atoms with van der Waals surface area (Å²) >= 11 is 1.17. The highest BCUT2D eigenvalue weighted by atomic mass is 32.2. The first-order valence-corrected chi connectivity index (χ1v) is 4.84.